The van der Waals surface area contributed by atoms with E-state index in [2.05, 4.69) is 5.32 Å². The third kappa shape index (κ3) is 5.62. The highest BCUT2D eigenvalue weighted by Crippen LogP contribution is 2.30. The number of amides is 1. The van der Waals surface area contributed by atoms with Crippen molar-refractivity contribution in [3.63, 3.8) is 0 Å². The third-order valence-electron chi connectivity index (χ3n) is 4.37. The number of nitrogens with one attached hydrogen (secondary N) is 1. The molecule has 1 atom stereocenters. The Kier molecular flexibility index (Phi) is 7.30. The molecule has 0 bridgehead atoms. The Morgan fingerprint density at radius 3 is 2.45 bits per heavy atom. The van der Waals surface area contributed by atoms with Gasteiger partial charge in [0.1, 0.15) is 0 Å². The molecule has 1 amide bonds. The summed E-state index contributed by atoms with van der Waals surface area (Å²) in [6.45, 7) is 5.15. The normalized spacial score (nSPS) is 11.7. The molecule has 0 aliphatic heterocycles. The number of rotatable bonds is 10. The van der Waals surface area contributed by atoms with Crippen LogP contribution in [0.25, 0.3) is 0 Å². The molecular weight excluding hydrogens is 368 g/mol. The van der Waals surface area contributed by atoms with Gasteiger partial charge in [-0.25, -0.2) is 0 Å². The molecule has 0 fully saturated rings. The van der Waals surface area contributed by atoms with Gasteiger partial charge < -0.3 is 24.5 Å². The van der Waals surface area contributed by atoms with Crippen LogP contribution in [-0.2, 0) is 4.79 Å². The van der Waals surface area contributed by atoms with Crippen LogP contribution < -0.4 is 20.1 Å². The Bertz CT molecular complexity index is 895. The summed E-state index contributed by atoms with van der Waals surface area (Å²) in [6.07, 6.45) is 1.65. The molecular formula is C23H27N2O4+. The van der Waals surface area contributed by atoms with Crippen LogP contribution in [0, 0.1) is 0 Å². The largest absolute Gasteiger partial charge is 0.490 e. The average molecular weight is 395 g/mol. The predicted molar refractivity (Wildman–Crippen MR) is 111 cm³/mol. The van der Waals surface area contributed by atoms with Crippen LogP contribution in [0.2, 0.25) is 0 Å². The molecule has 3 aromatic rings. The van der Waals surface area contributed by atoms with Crippen molar-refractivity contribution in [1.29, 1.82) is 0 Å². The number of anilines is 1. The first-order chi connectivity index (χ1) is 14.2. The molecule has 0 spiro atoms. The van der Waals surface area contributed by atoms with Crippen LogP contribution >= 0.6 is 0 Å². The van der Waals surface area contributed by atoms with E-state index >= 15 is 0 Å². The zero-order valence-corrected chi connectivity index (χ0v) is 16.8. The topological polar surface area (TPSA) is 77.3 Å². The Morgan fingerprint density at radius 1 is 1.00 bits per heavy atom. The molecule has 0 aliphatic carbocycles. The minimum absolute atomic E-state index is 0.0868. The first-order valence-electron chi connectivity index (χ1n) is 9.82. The molecule has 0 aliphatic rings. The first kappa shape index (κ1) is 20.5. The van der Waals surface area contributed by atoms with Gasteiger partial charge in [-0.05, 0) is 38.1 Å². The Labute approximate surface area is 170 Å². The standard InChI is InChI=1S/C23H26N2O4/c1-3-27-19-13-12-18(15-21(19)28-4-2)25-22(26)16-24-23(20-11-8-14-29-20)17-9-6-5-7-10-17/h5-15,23-24H,3-4,16H2,1-2H3,(H,25,26)/p+1/t23-/m0/s1. The molecule has 2 aromatic carbocycles. The number of quaternary nitrogens is 1. The Hall–Kier alpha value is -3.25. The molecule has 1 heterocycles. The highest BCUT2D eigenvalue weighted by molar-refractivity contribution is 5.91. The maximum Gasteiger partial charge on any atom is 0.279 e. The fourth-order valence-corrected chi connectivity index (χ4v) is 3.11. The van der Waals surface area contributed by atoms with Crippen molar-refractivity contribution in [2.45, 2.75) is 19.9 Å². The van der Waals surface area contributed by atoms with Gasteiger partial charge in [0, 0.05) is 17.3 Å². The Morgan fingerprint density at radius 2 is 1.76 bits per heavy atom. The number of ether oxygens (including phenoxy) is 2. The lowest BCUT2D eigenvalue weighted by Crippen LogP contribution is -2.87. The highest BCUT2D eigenvalue weighted by Gasteiger charge is 2.21. The number of hydrogen-bond donors (Lipinski definition) is 2. The highest BCUT2D eigenvalue weighted by atomic mass is 16.5. The van der Waals surface area contributed by atoms with Crippen molar-refractivity contribution in [1.82, 2.24) is 0 Å². The van der Waals surface area contributed by atoms with Gasteiger partial charge in [-0.1, -0.05) is 30.3 Å². The zero-order valence-electron chi connectivity index (χ0n) is 16.8. The molecule has 0 saturated heterocycles. The average Bonchev–Trinajstić information content (AvgIpc) is 3.26. The molecule has 6 heteroatoms. The lowest BCUT2D eigenvalue weighted by atomic mass is 10.0. The van der Waals surface area contributed by atoms with Gasteiger partial charge in [0.25, 0.3) is 5.91 Å². The van der Waals surface area contributed by atoms with E-state index in [-0.39, 0.29) is 18.5 Å². The number of carbonyl (C=O) groups is 1. The smallest absolute Gasteiger partial charge is 0.279 e. The second kappa shape index (κ2) is 10.3. The van der Waals surface area contributed by atoms with Crippen LogP contribution in [0.1, 0.15) is 31.2 Å². The van der Waals surface area contributed by atoms with E-state index < -0.39 is 0 Å². The SMILES string of the molecule is CCOc1ccc(NC(=O)C[NH2+][C@@H](c2ccccc2)c2ccco2)cc1OCC. The van der Waals surface area contributed by atoms with E-state index in [1.165, 1.54) is 0 Å². The van der Waals surface area contributed by atoms with E-state index in [9.17, 15) is 4.79 Å². The summed E-state index contributed by atoms with van der Waals surface area (Å²) < 4.78 is 16.8. The second-order valence-electron chi connectivity index (χ2n) is 6.42. The van der Waals surface area contributed by atoms with Gasteiger partial charge >= 0.3 is 0 Å². The summed E-state index contributed by atoms with van der Waals surface area (Å²) in [7, 11) is 0. The summed E-state index contributed by atoms with van der Waals surface area (Å²) >= 11 is 0. The van der Waals surface area contributed by atoms with Gasteiger partial charge in [-0.2, -0.15) is 0 Å². The third-order valence-corrected chi connectivity index (χ3v) is 4.37. The summed E-state index contributed by atoms with van der Waals surface area (Å²) in [5.74, 6) is 1.99. The van der Waals surface area contributed by atoms with Crippen LogP contribution in [0.3, 0.4) is 0 Å². The van der Waals surface area contributed by atoms with Gasteiger partial charge in [-0.3, -0.25) is 4.79 Å². The number of carbonyl (C=O) groups excluding carboxylic acids is 1. The van der Waals surface area contributed by atoms with Crippen LogP contribution in [-0.4, -0.2) is 25.7 Å². The molecule has 3 N–H and O–H groups in total. The van der Waals surface area contributed by atoms with E-state index in [1.54, 1.807) is 12.3 Å². The number of benzene rings is 2. The molecule has 6 nitrogen and oxygen atoms in total. The van der Waals surface area contributed by atoms with Gasteiger partial charge in [-0.15, -0.1) is 0 Å². The minimum Gasteiger partial charge on any atom is -0.490 e. The molecule has 0 radical (unpaired) electrons. The van der Waals surface area contributed by atoms with Crippen molar-refractivity contribution in [2.75, 3.05) is 25.1 Å². The first-order valence-corrected chi connectivity index (χ1v) is 9.82. The fourth-order valence-electron chi connectivity index (χ4n) is 3.11. The minimum atomic E-state index is -0.107. The van der Waals surface area contributed by atoms with E-state index in [0.717, 1.165) is 11.3 Å². The molecule has 29 heavy (non-hydrogen) atoms. The maximum absolute atomic E-state index is 12.6. The van der Waals surface area contributed by atoms with Crippen LogP contribution in [0.5, 0.6) is 11.5 Å². The maximum atomic E-state index is 12.6. The summed E-state index contributed by atoms with van der Waals surface area (Å²) in [5.41, 5.74) is 1.75. The fraction of sp³-hybridized carbons (Fsp3) is 0.261. The lowest BCUT2D eigenvalue weighted by Gasteiger charge is -2.15. The van der Waals surface area contributed by atoms with Crippen LogP contribution in [0.4, 0.5) is 5.69 Å². The van der Waals surface area contributed by atoms with Crippen molar-refractivity contribution < 1.29 is 24.0 Å². The van der Waals surface area contributed by atoms with Gasteiger partial charge in [0.2, 0.25) is 0 Å². The van der Waals surface area contributed by atoms with Crippen molar-refractivity contribution in [2.24, 2.45) is 0 Å². The van der Waals surface area contributed by atoms with Crippen LogP contribution in [0.15, 0.2) is 71.3 Å². The summed E-state index contributed by atoms with van der Waals surface area (Å²) in [4.78, 5) is 12.6. The van der Waals surface area contributed by atoms with Crippen molar-refractivity contribution in [3.05, 3.63) is 78.3 Å². The van der Waals surface area contributed by atoms with Gasteiger partial charge in [0.15, 0.2) is 29.8 Å². The zero-order chi connectivity index (χ0) is 20.5. The molecule has 1 aromatic heterocycles. The number of hydrogen-bond acceptors (Lipinski definition) is 4. The quantitative estimate of drug-likeness (QED) is 0.552. The monoisotopic (exact) mass is 395 g/mol. The van der Waals surface area contributed by atoms with E-state index in [1.807, 2.05) is 73.8 Å². The number of furan rings is 1. The molecule has 0 saturated carbocycles. The second-order valence-corrected chi connectivity index (χ2v) is 6.42. The lowest BCUT2D eigenvalue weighted by molar-refractivity contribution is -0.678. The van der Waals surface area contributed by atoms with E-state index in [4.69, 9.17) is 13.9 Å². The molecule has 152 valence electrons. The summed E-state index contributed by atoms with van der Waals surface area (Å²) in [5, 5.41) is 4.89. The molecule has 3 rings (SSSR count). The predicted octanol–water partition coefficient (Wildman–Crippen LogP) is 3.37. The summed E-state index contributed by atoms with van der Waals surface area (Å²) in [6, 6.07) is 19.1. The Balaban J connectivity index is 1.66. The van der Waals surface area contributed by atoms with Crippen molar-refractivity contribution in [3.8, 4) is 11.5 Å². The van der Waals surface area contributed by atoms with E-state index in [0.29, 0.717) is 30.4 Å². The molecule has 0 unspecified atom stereocenters. The number of nitrogens with two attached hydrogens (primary N) is 1. The van der Waals surface area contributed by atoms with Gasteiger partial charge in [0.05, 0.1) is 19.5 Å². The van der Waals surface area contributed by atoms with Crippen molar-refractivity contribution >= 4 is 11.6 Å².